The minimum atomic E-state index is -0.400. The first-order valence-corrected chi connectivity index (χ1v) is 6.79. The van der Waals surface area contributed by atoms with Gasteiger partial charge >= 0.3 is 0 Å². The van der Waals surface area contributed by atoms with Crippen molar-refractivity contribution in [3.8, 4) is 11.3 Å². The van der Waals surface area contributed by atoms with Crippen molar-refractivity contribution in [2.45, 2.75) is 0 Å². The third-order valence-electron chi connectivity index (χ3n) is 3.18. The van der Waals surface area contributed by atoms with Crippen molar-refractivity contribution < 1.29 is 9.32 Å². The van der Waals surface area contributed by atoms with Crippen LogP contribution in [0.1, 0.15) is 10.6 Å². The van der Waals surface area contributed by atoms with Gasteiger partial charge in [0, 0.05) is 29.7 Å². The van der Waals surface area contributed by atoms with E-state index in [2.05, 4.69) is 25.5 Å². The first-order chi connectivity index (χ1) is 11.3. The lowest BCUT2D eigenvalue weighted by Gasteiger charge is -2.03. The fourth-order valence-electron chi connectivity index (χ4n) is 2.10. The Kier molecular flexibility index (Phi) is 3.05. The smallest absolute Gasteiger partial charge is 0.295 e. The summed E-state index contributed by atoms with van der Waals surface area (Å²) in [5, 5.41) is 10.5. The molecule has 0 aliphatic carbocycles. The highest BCUT2D eigenvalue weighted by Crippen LogP contribution is 2.20. The van der Waals surface area contributed by atoms with Crippen LogP contribution >= 0.6 is 0 Å². The van der Waals surface area contributed by atoms with Crippen LogP contribution in [0.25, 0.3) is 17.1 Å². The first-order valence-electron chi connectivity index (χ1n) is 6.79. The Morgan fingerprint density at radius 3 is 2.74 bits per heavy atom. The molecule has 0 radical (unpaired) electrons. The quantitative estimate of drug-likeness (QED) is 0.622. The van der Waals surface area contributed by atoms with Crippen molar-refractivity contribution in [1.82, 2.24) is 24.7 Å². The number of hydrogen-bond acceptors (Lipinski definition) is 6. The van der Waals surface area contributed by atoms with Gasteiger partial charge in [0.05, 0.1) is 6.20 Å². The molecule has 0 aliphatic heterocycles. The molecule has 3 aromatic heterocycles. The van der Waals surface area contributed by atoms with Crippen molar-refractivity contribution in [1.29, 1.82) is 0 Å². The molecule has 0 fully saturated rings. The average molecular weight is 306 g/mol. The van der Waals surface area contributed by atoms with Crippen LogP contribution in [0.3, 0.4) is 0 Å². The molecule has 0 spiro atoms. The van der Waals surface area contributed by atoms with Gasteiger partial charge in [-0.15, -0.1) is 5.10 Å². The maximum absolute atomic E-state index is 12.2. The van der Waals surface area contributed by atoms with Crippen molar-refractivity contribution in [3.05, 3.63) is 60.8 Å². The molecule has 4 aromatic rings. The zero-order valence-electron chi connectivity index (χ0n) is 11.7. The number of fused-ring (bicyclic) bond motifs is 1. The van der Waals surface area contributed by atoms with E-state index in [1.165, 1.54) is 4.52 Å². The Morgan fingerprint density at radius 2 is 2.00 bits per heavy atom. The zero-order valence-corrected chi connectivity index (χ0v) is 11.7. The number of benzene rings is 1. The second-order valence-corrected chi connectivity index (χ2v) is 4.71. The number of carbonyl (C=O) groups is 1. The molecular formula is C15H10N6O2. The lowest BCUT2D eigenvalue weighted by Crippen LogP contribution is -2.13. The fourth-order valence-corrected chi connectivity index (χ4v) is 2.10. The van der Waals surface area contributed by atoms with Gasteiger partial charge in [-0.3, -0.25) is 4.79 Å². The summed E-state index contributed by atoms with van der Waals surface area (Å²) in [6.45, 7) is 0. The molecule has 0 aliphatic rings. The van der Waals surface area contributed by atoms with Gasteiger partial charge in [0.15, 0.2) is 5.76 Å². The van der Waals surface area contributed by atoms with Gasteiger partial charge in [0.25, 0.3) is 11.7 Å². The highest BCUT2D eigenvalue weighted by molar-refractivity contribution is 6.01. The number of aromatic nitrogens is 5. The molecule has 112 valence electrons. The Bertz CT molecular complexity index is 926. The monoisotopic (exact) mass is 306 g/mol. The van der Waals surface area contributed by atoms with Gasteiger partial charge in [-0.2, -0.15) is 4.98 Å². The summed E-state index contributed by atoms with van der Waals surface area (Å²) in [7, 11) is 0. The first kappa shape index (κ1) is 13.1. The number of anilines is 1. The largest absolute Gasteiger partial charge is 0.356 e. The topological polar surface area (TPSA) is 98.2 Å². The number of nitrogens with one attached hydrogen (secondary N) is 1. The standard InChI is InChI=1S/C15H10N6O2/c22-14(13-19-15-16-7-1-9-21(15)20-13)18-11-4-2-10(3-5-11)12-6-8-17-23-12/h1-9H,(H,18,22). The van der Waals surface area contributed by atoms with E-state index < -0.39 is 5.91 Å². The molecule has 1 amide bonds. The molecule has 3 heterocycles. The molecule has 8 heteroatoms. The van der Waals surface area contributed by atoms with E-state index in [1.807, 2.05) is 12.1 Å². The lowest BCUT2D eigenvalue weighted by molar-refractivity contribution is 0.101. The minimum absolute atomic E-state index is 0.0583. The van der Waals surface area contributed by atoms with Crippen molar-refractivity contribution in [2.75, 3.05) is 5.32 Å². The second kappa shape index (κ2) is 5.34. The molecule has 0 saturated heterocycles. The van der Waals surface area contributed by atoms with E-state index in [1.54, 1.807) is 42.9 Å². The summed E-state index contributed by atoms with van der Waals surface area (Å²) >= 11 is 0. The van der Waals surface area contributed by atoms with E-state index in [4.69, 9.17) is 4.52 Å². The average Bonchev–Trinajstić information content (AvgIpc) is 3.25. The van der Waals surface area contributed by atoms with Gasteiger partial charge in [-0.1, -0.05) is 5.16 Å². The van der Waals surface area contributed by atoms with Crippen LogP contribution < -0.4 is 5.32 Å². The molecule has 0 unspecified atom stereocenters. The predicted octanol–water partition coefficient (Wildman–Crippen LogP) is 2.03. The number of nitrogens with zero attached hydrogens (tertiary/aromatic N) is 5. The van der Waals surface area contributed by atoms with Crippen LogP contribution in [0.4, 0.5) is 5.69 Å². The summed E-state index contributed by atoms with van der Waals surface area (Å²) in [6.07, 6.45) is 4.85. The molecule has 1 aromatic carbocycles. The van der Waals surface area contributed by atoms with Gasteiger partial charge in [-0.05, 0) is 30.3 Å². The summed E-state index contributed by atoms with van der Waals surface area (Å²) in [4.78, 5) is 20.3. The highest BCUT2D eigenvalue weighted by atomic mass is 16.5. The summed E-state index contributed by atoms with van der Waals surface area (Å²) in [6, 6.07) is 10.7. The van der Waals surface area contributed by atoms with Gasteiger partial charge in [-0.25, -0.2) is 9.50 Å². The lowest BCUT2D eigenvalue weighted by atomic mass is 10.1. The summed E-state index contributed by atoms with van der Waals surface area (Å²) < 4.78 is 6.52. The third-order valence-corrected chi connectivity index (χ3v) is 3.18. The number of hydrogen-bond donors (Lipinski definition) is 1. The molecule has 0 bridgehead atoms. The fraction of sp³-hybridized carbons (Fsp3) is 0. The van der Waals surface area contributed by atoms with Crippen LogP contribution in [0.5, 0.6) is 0 Å². The highest BCUT2D eigenvalue weighted by Gasteiger charge is 2.13. The molecular weight excluding hydrogens is 296 g/mol. The maximum Gasteiger partial charge on any atom is 0.295 e. The second-order valence-electron chi connectivity index (χ2n) is 4.71. The SMILES string of the molecule is O=C(Nc1ccc(-c2ccno2)cc1)c1nc2ncccn2n1. The minimum Gasteiger partial charge on any atom is -0.356 e. The number of amides is 1. The van der Waals surface area contributed by atoms with Gasteiger partial charge in [0.2, 0.25) is 5.82 Å². The number of rotatable bonds is 3. The zero-order chi connectivity index (χ0) is 15.6. The predicted molar refractivity (Wildman–Crippen MR) is 80.7 cm³/mol. The van der Waals surface area contributed by atoms with Crippen LogP contribution in [0.2, 0.25) is 0 Å². The Balaban J connectivity index is 1.54. The molecule has 0 atom stereocenters. The van der Waals surface area contributed by atoms with Crippen molar-refractivity contribution >= 4 is 17.4 Å². The van der Waals surface area contributed by atoms with Crippen LogP contribution in [-0.4, -0.2) is 30.6 Å². The summed E-state index contributed by atoms with van der Waals surface area (Å²) in [5.41, 5.74) is 1.50. The third kappa shape index (κ3) is 2.53. The Hall–Kier alpha value is -3.55. The Labute approximate surface area is 129 Å². The van der Waals surface area contributed by atoms with Gasteiger partial charge < -0.3 is 9.84 Å². The van der Waals surface area contributed by atoms with Crippen LogP contribution in [0, 0.1) is 0 Å². The Morgan fingerprint density at radius 1 is 1.13 bits per heavy atom. The van der Waals surface area contributed by atoms with E-state index in [0.717, 1.165) is 5.56 Å². The molecule has 8 nitrogen and oxygen atoms in total. The molecule has 4 rings (SSSR count). The van der Waals surface area contributed by atoms with E-state index in [9.17, 15) is 4.79 Å². The molecule has 23 heavy (non-hydrogen) atoms. The normalized spacial score (nSPS) is 10.8. The maximum atomic E-state index is 12.2. The molecule has 1 N–H and O–H groups in total. The van der Waals surface area contributed by atoms with Crippen molar-refractivity contribution in [2.24, 2.45) is 0 Å². The number of carbonyl (C=O) groups excluding carboxylic acids is 1. The van der Waals surface area contributed by atoms with E-state index in [0.29, 0.717) is 17.2 Å². The van der Waals surface area contributed by atoms with Crippen LogP contribution in [0.15, 0.2) is 59.5 Å². The van der Waals surface area contributed by atoms with E-state index in [-0.39, 0.29) is 5.82 Å². The van der Waals surface area contributed by atoms with Crippen molar-refractivity contribution in [3.63, 3.8) is 0 Å². The van der Waals surface area contributed by atoms with E-state index >= 15 is 0 Å². The summed E-state index contributed by atoms with van der Waals surface area (Å²) in [5.74, 6) is 0.695. The molecule has 0 saturated carbocycles. The van der Waals surface area contributed by atoms with Gasteiger partial charge in [0.1, 0.15) is 0 Å². The van der Waals surface area contributed by atoms with Crippen LogP contribution in [-0.2, 0) is 0 Å².